The monoisotopic (exact) mass is 257 g/mol. The molecule has 2 aromatic rings. The van der Waals surface area contributed by atoms with Crippen LogP contribution in [0.1, 0.15) is 5.56 Å². The molecule has 0 radical (unpaired) electrons. The van der Waals surface area contributed by atoms with Gasteiger partial charge in [-0.2, -0.15) is 4.99 Å². The first-order chi connectivity index (χ1) is 8.29. The highest BCUT2D eigenvalue weighted by Crippen LogP contribution is 2.34. The lowest BCUT2D eigenvalue weighted by molar-refractivity contribution is 1.34. The Hall–Kier alpha value is -1.41. The molecule has 0 N–H and O–H groups in total. The van der Waals surface area contributed by atoms with Gasteiger partial charge < -0.3 is 0 Å². The fourth-order valence-electron chi connectivity index (χ4n) is 1.42. The quantitative estimate of drug-likeness (QED) is 0.574. The maximum atomic E-state index is 4.65. The number of nitrogens with zero attached hydrogens (tertiary/aromatic N) is 1. The molecular weight excluding hydrogens is 246 g/mol. The van der Waals surface area contributed by atoms with Gasteiger partial charge >= 0.3 is 0 Å². The molecule has 0 amide bonds. The summed E-state index contributed by atoms with van der Waals surface area (Å²) in [4.78, 5) is 6.35. The molecule has 0 spiro atoms. The summed E-state index contributed by atoms with van der Waals surface area (Å²) in [5, 5.41) is 2.41. The summed E-state index contributed by atoms with van der Waals surface area (Å²) < 4.78 is 0. The Morgan fingerprint density at radius 1 is 1.06 bits per heavy atom. The minimum atomic E-state index is 0.869. The summed E-state index contributed by atoms with van der Waals surface area (Å²) in [7, 11) is 0. The van der Waals surface area contributed by atoms with Crippen LogP contribution in [0.2, 0.25) is 0 Å². The van der Waals surface area contributed by atoms with Crippen LogP contribution < -0.4 is 0 Å². The maximum absolute atomic E-state index is 4.65. The van der Waals surface area contributed by atoms with Crippen LogP contribution in [0.5, 0.6) is 0 Å². The molecule has 2 rings (SSSR count). The molecule has 84 valence electrons. The van der Waals surface area contributed by atoms with Gasteiger partial charge in [-0.25, -0.2) is 0 Å². The van der Waals surface area contributed by atoms with E-state index in [-0.39, 0.29) is 0 Å². The normalized spacial score (nSPS) is 9.71. The number of rotatable bonds is 3. The van der Waals surface area contributed by atoms with Crippen molar-refractivity contribution >= 4 is 34.8 Å². The summed E-state index contributed by atoms with van der Waals surface area (Å²) in [5.41, 5.74) is 2.13. The third-order valence-electron chi connectivity index (χ3n) is 2.28. The van der Waals surface area contributed by atoms with E-state index in [4.69, 9.17) is 0 Å². The van der Waals surface area contributed by atoms with Gasteiger partial charge in [-0.3, -0.25) is 0 Å². The number of thiocarbonyl (C=S) groups is 1. The van der Waals surface area contributed by atoms with Crippen molar-refractivity contribution in [3.05, 3.63) is 54.1 Å². The molecular formula is C14H11NS2. The van der Waals surface area contributed by atoms with Crippen LogP contribution in [0.3, 0.4) is 0 Å². The zero-order valence-corrected chi connectivity index (χ0v) is 11.0. The molecule has 0 unspecified atom stereocenters. The van der Waals surface area contributed by atoms with E-state index in [0.29, 0.717) is 0 Å². The number of aryl methyl sites for hydroxylation is 1. The number of benzene rings is 2. The summed E-state index contributed by atoms with van der Waals surface area (Å²) in [6.45, 7) is 2.08. The molecule has 2 aromatic carbocycles. The number of hydrogen-bond acceptors (Lipinski definition) is 3. The molecule has 0 bridgehead atoms. The van der Waals surface area contributed by atoms with Gasteiger partial charge in [0.15, 0.2) is 0 Å². The molecule has 17 heavy (non-hydrogen) atoms. The van der Waals surface area contributed by atoms with Gasteiger partial charge in [0.25, 0.3) is 0 Å². The maximum Gasteiger partial charge on any atom is 0.0878 e. The van der Waals surface area contributed by atoms with Gasteiger partial charge in [-0.05, 0) is 43.4 Å². The zero-order chi connectivity index (χ0) is 12.1. The molecule has 0 heterocycles. The molecule has 0 aliphatic heterocycles. The molecule has 0 aliphatic carbocycles. The first-order valence-corrected chi connectivity index (χ1v) is 6.43. The minimum Gasteiger partial charge on any atom is -0.194 e. The van der Waals surface area contributed by atoms with E-state index >= 15 is 0 Å². The standard InChI is InChI=1S/C14H11NS2/c1-11-6-8-12(9-7-11)17-14-5-3-2-4-13(14)15-10-16/h2-9H,1H3. The van der Waals surface area contributed by atoms with Gasteiger partial charge in [0.1, 0.15) is 0 Å². The van der Waals surface area contributed by atoms with Crippen molar-refractivity contribution in [3.63, 3.8) is 0 Å². The second kappa shape index (κ2) is 5.78. The average Bonchev–Trinajstić information content (AvgIpc) is 2.35. The fourth-order valence-corrected chi connectivity index (χ4v) is 2.41. The van der Waals surface area contributed by atoms with E-state index in [1.165, 1.54) is 10.5 Å². The molecule has 0 aliphatic rings. The highest BCUT2D eigenvalue weighted by molar-refractivity contribution is 7.99. The molecule has 0 atom stereocenters. The number of hydrogen-bond donors (Lipinski definition) is 0. The van der Waals surface area contributed by atoms with Crippen LogP contribution in [0, 0.1) is 6.92 Å². The Morgan fingerprint density at radius 2 is 1.76 bits per heavy atom. The summed E-state index contributed by atoms with van der Waals surface area (Å²) in [5.74, 6) is 0. The number of aliphatic imine (C=N–C) groups is 1. The third-order valence-corrected chi connectivity index (χ3v) is 3.44. The first-order valence-electron chi connectivity index (χ1n) is 5.21. The Kier molecular flexibility index (Phi) is 4.10. The number of isothiocyanates is 1. The van der Waals surface area contributed by atoms with Crippen molar-refractivity contribution in [2.24, 2.45) is 4.99 Å². The smallest absolute Gasteiger partial charge is 0.0878 e. The minimum absolute atomic E-state index is 0.869. The summed E-state index contributed by atoms with van der Waals surface area (Å²) in [6, 6.07) is 16.4. The van der Waals surface area contributed by atoms with E-state index in [0.717, 1.165) is 10.6 Å². The van der Waals surface area contributed by atoms with Crippen molar-refractivity contribution in [2.45, 2.75) is 16.7 Å². The Bertz CT molecular complexity index is 555. The van der Waals surface area contributed by atoms with Crippen LogP contribution >= 0.6 is 24.0 Å². The molecule has 1 nitrogen and oxygen atoms in total. The van der Waals surface area contributed by atoms with Crippen LogP contribution in [-0.2, 0) is 0 Å². The molecule has 0 fully saturated rings. The van der Waals surface area contributed by atoms with E-state index in [1.807, 2.05) is 24.3 Å². The Balaban J connectivity index is 2.29. The topological polar surface area (TPSA) is 12.4 Å². The predicted molar refractivity (Wildman–Crippen MR) is 76.4 cm³/mol. The Labute approximate surface area is 111 Å². The van der Waals surface area contributed by atoms with Gasteiger partial charge in [0.2, 0.25) is 0 Å². The fraction of sp³-hybridized carbons (Fsp3) is 0.0714. The Morgan fingerprint density at radius 3 is 2.47 bits per heavy atom. The van der Waals surface area contributed by atoms with Crippen LogP contribution in [0.4, 0.5) is 5.69 Å². The van der Waals surface area contributed by atoms with Crippen LogP contribution in [0.15, 0.2) is 63.3 Å². The van der Waals surface area contributed by atoms with Crippen LogP contribution in [-0.4, -0.2) is 5.16 Å². The summed E-state index contributed by atoms with van der Waals surface area (Å²) >= 11 is 6.33. The van der Waals surface area contributed by atoms with E-state index in [9.17, 15) is 0 Å². The molecule has 0 aromatic heterocycles. The highest BCUT2D eigenvalue weighted by Gasteiger charge is 2.02. The van der Waals surface area contributed by atoms with E-state index < -0.39 is 0 Å². The lowest BCUT2D eigenvalue weighted by Crippen LogP contribution is -1.76. The zero-order valence-electron chi connectivity index (χ0n) is 9.38. The van der Waals surface area contributed by atoms with Crippen molar-refractivity contribution < 1.29 is 0 Å². The van der Waals surface area contributed by atoms with Gasteiger partial charge in [0.05, 0.1) is 10.8 Å². The van der Waals surface area contributed by atoms with Crippen molar-refractivity contribution in [1.29, 1.82) is 0 Å². The van der Waals surface area contributed by atoms with Gasteiger partial charge in [0, 0.05) is 9.79 Å². The van der Waals surface area contributed by atoms with Crippen LogP contribution in [0.25, 0.3) is 0 Å². The lowest BCUT2D eigenvalue weighted by atomic mass is 10.2. The SMILES string of the molecule is Cc1ccc(Sc2ccccc2N=C=S)cc1. The average molecular weight is 257 g/mol. The molecule has 0 saturated heterocycles. The highest BCUT2D eigenvalue weighted by atomic mass is 32.2. The first kappa shape index (κ1) is 12.1. The predicted octanol–water partition coefficient (Wildman–Crippen LogP) is 4.88. The van der Waals surface area contributed by atoms with Gasteiger partial charge in [-0.15, -0.1) is 0 Å². The molecule has 0 saturated carbocycles. The third kappa shape index (κ3) is 3.27. The van der Waals surface area contributed by atoms with E-state index in [2.05, 4.69) is 53.6 Å². The largest absolute Gasteiger partial charge is 0.194 e. The van der Waals surface area contributed by atoms with E-state index in [1.54, 1.807) is 11.8 Å². The van der Waals surface area contributed by atoms with Gasteiger partial charge in [-0.1, -0.05) is 41.6 Å². The summed E-state index contributed by atoms with van der Waals surface area (Å²) in [6.07, 6.45) is 0. The second-order valence-electron chi connectivity index (χ2n) is 3.59. The second-order valence-corrected chi connectivity index (χ2v) is 4.88. The van der Waals surface area contributed by atoms with Crippen molar-refractivity contribution in [3.8, 4) is 0 Å². The number of para-hydroxylation sites is 1. The van der Waals surface area contributed by atoms with Crippen molar-refractivity contribution in [1.82, 2.24) is 0 Å². The molecule has 3 heteroatoms. The van der Waals surface area contributed by atoms with Crippen molar-refractivity contribution in [2.75, 3.05) is 0 Å². The lowest BCUT2D eigenvalue weighted by Gasteiger charge is -2.04.